The van der Waals surface area contributed by atoms with Crippen molar-refractivity contribution >= 4 is 6.09 Å². The van der Waals surface area contributed by atoms with Crippen molar-refractivity contribution in [3.8, 4) is 0 Å². The number of alkyl carbamates (subject to hydrolysis) is 1. The summed E-state index contributed by atoms with van der Waals surface area (Å²) in [6.07, 6.45) is 0.535. The van der Waals surface area contributed by atoms with E-state index in [-0.39, 0.29) is 19.8 Å². The van der Waals surface area contributed by atoms with Crippen LogP contribution < -0.4 is 5.32 Å². The van der Waals surface area contributed by atoms with Gasteiger partial charge in [0.05, 0.1) is 12.2 Å². The minimum atomic E-state index is -0.863. The van der Waals surface area contributed by atoms with Gasteiger partial charge < -0.3 is 20.3 Å². The first-order chi connectivity index (χ1) is 6.58. The summed E-state index contributed by atoms with van der Waals surface area (Å²) in [5, 5.41) is 20.6. The molecule has 0 atom stereocenters. The number of aliphatic hydroxyl groups is 2. The number of carbonyl (C=O) groups excluding carboxylic acids is 1. The summed E-state index contributed by atoms with van der Waals surface area (Å²) in [5.41, 5.74) is -0.863. The number of hydrogen-bond donors (Lipinski definition) is 3. The van der Waals surface area contributed by atoms with E-state index in [9.17, 15) is 9.90 Å². The molecule has 0 unspecified atom stereocenters. The van der Waals surface area contributed by atoms with Gasteiger partial charge in [0, 0.05) is 6.54 Å². The lowest BCUT2D eigenvalue weighted by molar-refractivity contribution is 0.0301. The fourth-order valence-corrected chi connectivity index (χ4v) is 0.926. The highest BCUT2D eigenvalue weighted by molar-refractivity contribution is 5.67. The zero-order valence-corrected chi connectivity index (χ0v) is 8.75. The molecule has 1 amide bonds. The summed E-state index contributed by atoms with van der Waals surface area (Å²) in [5.74, 6) is 0. The van der Waals surface area contributed by atoms with Crippen LogP contribution in [0, 0.1) is 0 Å². The number of hydrogen-bond acceptors (Lipinski definition) is 4. The zero-order chi connectivity index (χ0) is 11.0. The van der Waals surface area contributed by atoms with Gasteiger partial charge in [0.2, 0.25) is 0 Å². The second-order valence-electron chi connectivity index (χ2n) is 3.14. The van der Waals surface area contributed by atoms with Gasteiger partial charge in [-0.05, 0) is 12.8 Å². The van der Waals surface area contributed by atoms with Crippen LogP contribution in [-0.2, 0) is 4.74 Å². The average molecular weight is 205 g/mol. The Morgan fingerprint density at radius 1 is 1.43 bits per heavy atom. The Labute approximate surface area is 84.1 Å². The maximum atomic E-state index is 10.9. The van der Waals surface area contributed by atoms with Crippen LogP contribution in [0.4, 0.5) is 4.79 Å². The Kier molecular flexibility index (Phi) is 6.23. The van der Waals surface area contributed by atoms with Crippen LogP contribution in [0.5, 0.6) is 0 Å². The molecular formula is C9H19NO4. The molecule has 0 fully saturated rings. The molecule has 5 heteroatoms. The molecule has 0 heterocycles. The van der Waals surface area contributed by atoms with E-state index in [2.05, 4.69) is 10.1 Å². The summed E-state index contributed by atoms with van der Waals surface area (Å²) >= 11 is 0. The maximum Gasteiger partial charge on any atom is 0.407 e. The van der Waals surface area contributed by atoms with E-state index < -0.39 is 11.7 Å². The smallest absolute Gasteiger partial charge is 0.407 e. The average Bonchev–Trinajstić information content (AvgIpc) is 2.23. The topological polar surface area (TPSA) is 78.8 Å². The van der Waals surface area contributed by atoms with Crippen molar-refractivity contribution in [3.63, 3.8) is 0 Å². The normalized spacial score (nSPS) is 11.1. The van der Waals surface area contributed by atoms with Crippen LogP contribution in [0.3, 0.4) is 0 Å². The lowest BCUT2D eigenvalue weighted by Crippen LogP contribution is -2.42. The molecule has 14 heavy (non-hydrogen) atoms. The fraction of sp³-hybridized carbons (Fsp3) is 0.889. The Bertz CT molecular complexity index is 168. The molecular weight excluding hydrogens is 186 g/mol. The van der Waals surface area contributed by atoms with Gasteiger partial charge in [0.1, 0.15) is 6.61 Å². The SMILES string of the molecule is CCC(O)(CC)CNC(=O)OCCO. The molecule has 0 radical (unpaired) electrons. The van der Waals surface area contributed by atoms with Crippen molar-refractivity contribution in [2.75, 3.05) is 19.8 Å². The van der Waals surface area contributed by atoms with Gasteiger partial charge in [0.25, 0.3) is 0 Å². The molecule has 0 aliphatic heterocycles. The number of carbonyl (C=O) groups is 1. The van der Waals surface area contributed by atoms with Gasteiger partial charge >= 0.3 is 6.09 Å². The summed E-state index contributed by atoms with van der Waals surface area (Å²) in [4.78, 5) is 10.9. The molecule has 0 rings (SSSR count). The third-order valence-electron chi connectivity index (χ3n) is 2.20. The summed E-state index contributed by atoms with van der Waals surface area (Å²) in [6, 6.07) is 0. The molecule has 0 aromatic rings. The number of amides is 1. The quantitative estimate of drug-likeness (QED) is 0.581. The van der Waals surface area contributed by atoms with Gasteiger partial charge in [0.15, 0.2) is 0 Å². The van der Waals surface area contributed by atoms with Crippen molar-refractivity contribution < 1.29 is 19.7 Å². The number of aliphatic hydroxyl groups excluding tert-OH is 1. The molecule has 0 saturated heterocycles. The van der Waals surface area contributed by atoms with Gasteiger partial charge in [-0.3, -0.25) is 0 Å². The first-order valence-corrected chi connectivity index (χ1v) is 4.82. The van der Waals surface area contributed by atoms with Crippen LogP contribution in [0.25, 0.3) is 0 Å². The highest BCUT2D eigenvalue weighted by Crippen LogP contribution is 2.12. The monoisotopic (exact) mass is 205 g/mol. The van der Waals surface area contributed by atoms with Crippen LogP contribution in [0.2, 0.25) is 0 Å². The van der Waals surface area contributed by atoms with Gasteiger partial charge in [-0.15, -0.1) is 0 Å². The number of rotatable bonds is 6. The minimum Gasteiger partial charge on any atom is -0.447 e. The predicted molar refractivity (Wildman–Crippen MR) is 52.0 cm³/mol. The van der Waals surface area contributed by atoms with E-state index in [1.54, 1.807) is 0 Å². The molecule has 3 N–H and O–H groups in total. The van der Waals surface area contributed by atoms with Gasteiger partial charge in [-0.2, -0.15) is 0 Å². The van der Waals surface area contributed by atoms with E-state index >= 15 is 0 Å². The van der Waals surface area contributed by atoms with Crippen LogP contribution in [-0.4, -0.2) is 41.7 Å². The number of nitrogens with one attached hydrogen (secondary N) is 1. The summed E-state index contributed by atoms with van der Waals surface area (Å²) in [7, 11) is 0. The van der Waals surface area contributed by atoms with Crippen LogP contribution in [0.15, 0.2) is 0 Å². The lowest BCUT2D eigenvalue weighted by Gasteiger charge is -2.24. The predicted octanol–water partition coefficient (Wildman–Crippen LogP) is 0.256. The Balaban J connectivity index is 3.74. The zero-order valence-electron chi connectivity index (χ0n) is 8.75. The highest BCUT2D eigenvalue weighted by atomic mass is 16.6. The van der Waals surface area contributed by atoms with Crippen molar-refractivity contribution in [1.29, 1.82) is 0 Å². The van der Waals surface area contributed by atoms with Gasteiger partial charge in [-0.1, -0.05) is 13.8 Å². The first kappa shape index (κ1) is 13.2. The molecule has 0 aliphatic rings. The van der Waals surface area contributed by atoms with E-state index in [0.717, 1.165) is 0 Å². The standard InChI is InChI=1S/C9H19NO4/c1-3-9(13,4-2)7-10-8(12)14-6-5-11/h11,13H,3-7H2,1-2H3,(H,10,12). The second kappa shape index (κ2) is 6.62. The second-order valence-corrected chi connectivity index (χ2v) is 3.14. The summed E-state index contributed by atoms with van der Waals surface area (Å²) < 4.78 is 4.56. The van der Waals surface area contributed by atoms with E-state index in [4.69, 9.17) is 5.11 Å². The molecule has 0 aromatic heterocycles. The van der Waals surface area contributed by atoms with Crippen molar-refractivity contribution in [2.24, 2.45) is 0 Å². The van der Waals surface area contributed by atoms with Gasteiger partial charge in [-0.25, -0.2) is 4.79 Å². The molecule has 0 bridgehead atoms. The maximum absolute atomic E-state index is 10.9. The molecule has 0 aromatic carbocycles. The molecule has 5 nitrogen and oxygen atoms in total. The molecule has 0 saturated carbocycles. The van der Waals surface area contributed by atoms with Crippen molar-refractivity contribution in [3.05, 3.63) is 0 Å². The molecule has 84 valence electrons. The Hall–Kier alpha value is -0.810. The third kappa shape index (κ3) is 5.04. The fourth-order valence-electron chi connectivity index (χ4n) is 0.926. The van der Waals surface area contributed by atoms with Crippen LogP contribution >= 0.6 is 0 Å². The third-order valence-corrected chi connectivity index (χ3v) is 2.20. The highest BCUT2D eigenvalue weighted by Gasteiger charge is 2.22. The first-order valence-electron chi connectivity index (χ1n) is 4.82. The minimum absolute atomic E-state index is 0.0253. The largest absolute Gasteiger partial charge is 0.447 e. The van der Waals surface area contributed by atoms with Crippen molar-refractivity contribution in [1.82, 2.24) is 5.32 Å². The Morgan fingerprint density at radius 2 is 2.00 bits per heavy atom. The molecule has 0 aliphatic carbocycles. The van der Waals surface area contributed by atoms with E-state index in [1.165, 1.54) is 0 Å². The lowest BCUT2D eigenvalue weighted by atomic mass is 9.98. The van der Waals surface area contributed by atoms with Crippen molar-refractivity contribution in [2.45, 2.75) is 32.3 Å². The Morgan fingerprint density at radius 3 is 2.43 bits per heavy atom. The van der Waals surface area contributed by atoms with E-state index in [0.29, 0.717) is 12.8 Å². The van der Waals surface area contributed by atoms with E-state index in [1.807, 2.05) is 13.8 Å². The summed E-state index contributed by atoms with van der Waals surface area (Å²) in [6.45, 7) is 3.65. The van der Waals surface area contributed by atoms with Crippen LogP contribution in [0.1, 0.15) is 26.7 Å². The molecule has 0 spiro atoms. The number of ether oxygens (including phenoxy) is 1.